The van der Waals surface area contributed by atoms with Gasteiger partial charge in [0.25, 0.3) is 10.0 Å². The van der Waals surface area contributed by atoms with Crippen LogP contribution in [0.2, 0.25) is 0 Å². The topological polar surface area (TPSA) is 65.0 Å². The molecule has 0 atom stereocenters. The Labute approximate surface area is 159 Å². The molecule has 0 saturated heterocycles. The molecule has 1 aromatic heterocycles. The molecule has 1 aromatic carbocycles. The maximum atomic E-state index is 12.2. The fourth-order valence-electron chi connectivity index (χ4n) is 2.87. The Morgan fingerprint density at radius 1 is 1.27 bits per heavy atom. The van der Waals surface area contributed by atoms with Gasteiger partial charge in [-0.3, -0.25) is 0 Å². The van der Waals surface area contributed by atoms with Crippen LogP contribution >= 0.6 is 11.3 Å². The molecule has 1 aliphatic heterocycles. The minimum Gasteiger partial charge on any atom is -0.356 e. The standard InChI is InChI=1S/C18H24N4O2S2/c1-4-19-18(22-12-11-14-7-5-6-8-16(14)22)20-13-15-9-10-17(25-15)26(23,24)21(2)3/h5-10H,4,11-13H2,1-3H3,(H,19,20). The molecule has 26 heavy (non-hydrogen) atoms. The summed E-state index contributed by atoms with van der Waals surface area (Å²) in [4.78, 5) is 7.86. The molecular weight excluding hydrogens is 368 g/mol. The van der Waals surface area contributed by atoms with Gasteiger partial charge in [0.2, 0.25) is 0 Å². The number of guanidine groups is 1. The molecule has 0 spiro atoms. The summed E-state index contributed by atoms with van der Waals surface area (Å²) in [6.07, 6.45) is 1.00. The van der Waals surface area contributed by atoms with E-state index < -0.39 is 10.0 Å². The minimum atomic E-state index is -3.38. The fraction of sp³-hybridized carbons (Fsp3) is 0.389. The zero-order valence-corrected chi connectivity index (χ0v) is 16.9. The smallest absolute Gasteiger partial charge is 0.252 e. The molecule has 2 heterocycles. The van der Waals surface area contributed by atoms with E-state index in [-0.39, 0.29) is 0 Å². The monoisotopic (exact) mass is 392 g/mol. The van der Waals surface area contributed by atoms with Crippen molar-refractivity contribution in [2.24, 2.45) is 4.99 Å². The van der Waals surface area contributed by atoms with Crippen LogP contribution in [0.5, 0.6) is 0 Å². The van der Waals surface area contributed by atoms with Crippen molar-refractivity contribution in [2.75, 3.05) is 32.1 Å². The van der Waals surface area contributed by atoms with Gasteiger partial charge in [0.05, 0.1) is 6.54 Å². The molecule has 0 fully saturated rings. The van der Waals surface area contributed by atoms with Crippen LogP contribution in [0.1, 0.15) is 17.4 Å². The van der Waals surface area contributed by atoms with Gasteiger partial charge in [-0.2, -0.15) is 0 Å². The van der Waals surface area contributed by atoms with E-state index in [1.54, 1.807) is 20.2 Å². The highest BCUT2D eigenvalue weighted by atomic mass is 32.2. The van der Waals surface area contributed by atoms with Crippen molar-refractivity contribution in [2.45, 2.75) is 24.1 Å². The molecule has 0 bridgehead atoms. The van der Waals surface area contributed by atoms with E-state index in [9.17, 15) is 8.42 Å². The van der Waals surface area contributed by atoms with Gasteiger partial charge < -0.3 is 10.2 Å². The summed E-state index contributed by atoms with van der Waals surface area (Å²) in [5.41, 5.74) is 2.52. The summed E-state index contributed by atoms with van der Waals surface area (Å²) in [7, 11) is -0.298. The molecule has 0 aliphatic carbocycles. The largest absolute Gasteiger partial charge is 0.356 e. The van der Waals surface area contributed by atoms with Crippen molar-refractivity contribution in [3.8, 4) is 0 Å². The summed E-state index contributed by atoms with van der Waals surface area (Å²) < 4.78 is 26.0. The normalized spacial score (nSPS) is 14.8. The number of anilines is 1. The van der Waals surface area contributed by atoms with Crippen molar-refractivity contribution in [1.29, 1.82) is 0 Å². The van der Waals surface area contributed by atoms with Crippen LogP contribution < -0.4 is 10.2 Å². The van der Waals surface area contributed by atoms with Gasteiger partial charge in [0.1, 0.15) is 4.21 Å². The summed E-state index contributed by atoms with van der Waals surface area (Å²) in [6.45, 7) is 4.18. The number of hydrogen-bond donors (Lipinski definition) is 1. The van der Waals surface area contributed by atoms with E-state index in [1.165, 1.54) is 26.9 Å². The van der Waals surface area contributed by atoms with Crippen LogP contribution in [0.3, 0.4) is 0 Å². The zero-order valence-electron chi connectivity index (χ0n) is 15.3. The number of nitrogens with one attached hydrogen (secondary N) is 1. The first-order valence-corrected chi connectivity index (χ1v) is 10.8. The van der Waals surface area contributed by atoms with Gasteiger partial charge in [-0.25, -0.2) is 17.7 Å². The molecule has 0 amide bonds. The molecule has 2 aromatic rings. The van der Waals surface area contributed by atoms with Gasteiger partial charge in [-0.05, 0) is 37.1 Å². The third kappa shape index (κ3) is 3.77. The van der Waals surface area contributed by atoms with Crippen molar-refractivity contribution in [3.63, 3.8) is 0 Å². The van der Waals surface area contributed by atoms with Crippen molar-refractivity contribution in [3.05, 3.63) is 46.8 Å². The average Bonchev–Trinajstić information content (AvgIpc) is 3.26. The Hall–Kier alpha value is -1.90. The third-order valence-electron chi connectivity index (χ3n) is 4.23. The Morgan fingerprint density at radius 3 is 2.77 bits per heavy atom. The number of benzene rings is 1. The summed E-state index contributed by atoms with van der Waals surface area (Å²) in [6, 6.07) is 11.9. The number of fused-ring (bicyclic) bond motifs is 1. The zero-order chi connectivity index (χ0) is 18.7. The maximum Gasteiger partial charge on any atom is 0.252 e. The second-order valence-electron chi connectivity index (χ2n) is 6.21. The van der Waals surface area contributed by atoms with E-state index in [0.717, 1.165) is 30.3 Å². The third-order valence-corrected chi connectivity index (χ3v) is 7.59. The number of aliphatic imine (C=N–C) groups is 1. The molecule has 8 heteroatoms. The van der Waals surface area contributed by atoms with Crippen LogP contribution in [0.25, 0.3) is 0 Å². The first-order chi connectivity index (χ1) is 12.4. The Balaban J connectivity index is 1.81. The van der Waals surface area contributed by atoms with Gasteiger partial charge in [-0.15, -0.1) is 11.3 Å². The molecule has 1 N–H and O–H groups in total. The Kier molecular flexibility index (Phi) is 5.64. The van der Waals surface area contributed by atoms with Crippen LogP contribution in [0, 0.1) is 0 Å². The number of nitrogens with zero attached hydrogens (tertiary/aromatic N) is 3. The first kappa shape index (κ1) is 18.9. The lowest BCUT2D eigenvalue weighted by molar-refractivity contribution is 0.523. The number of rotatable bonds is 5. The van der Waals surface area contributed by atoms with Crippen LogP contribution in [0.4, 0.5) is 5.69 Å². The van der Waals surface area contributed by atoms with E-state index in [2.05, 4.69) is 28.4 Å². The molecular formula is C18H24N4O2S2. The lowest BCUT2D eigenvalue weighted by Gasteiger charge is -2.22. The van der Waals surface area contributed by atoms with E-state index in [4.69, 9.17) is 4.99 Å². The number of thiophene rings is 1. The highest BCUT2D eigenvalue weighted by Gasteiger charge is 2.23. The Morgan fingerprint density at radius 2 is 2.04 bits per heavy atom. The fourth-order valence-corrected chi connectivity index (χ4v) is 5.32. The highest BCUT2D eigenvalue weighted by Crippen LogP contribution is 2.28. The molecule has 6 nitrogen and oxygen atoms in total. The van der Waals surface area contributed by atoms with E-state index in [1.807, 2.05) is 19.1 Å². The molecule has 0 unspecified atom stereocenters. The highest BCUT2D eigenvalue weighted by molar-refractivity contribution is 7.91. The molecule has 140 valence electrons. The summed E-state index contributed by atoms with van der Waals surface area (Å²) in [5, 5.41) is 3.35. The quantitative estimate of drug-likeness (QED) is 0.627. The predicted octanol–water partition coefficient (Wildman–Crippen LogP) is 2.53. The van der Waals surface area contributed by atoms with Gasteiger partial charge in [-0.1, -0.05) is 18.2 Å². The van der Waals surface area contributed by atoms with Gasteiger partial charge in [0.15, 0.2) is 5.96 Å². The number of para-hydroxylation sites is 1. The first-order valence-electron chi connectivity index (χ1n) is 8.58. The summed E-state index contributed by atoms with van der Waals surface area (Å²) in [5.74, 6) is 0.836. The maximum absolute atomic E-state index is 12.2. The van der Waals surface area contributed by atoms with Crippen LogP contribution in [0.15, 0.2) is 45.6 Å². The molecule has 0 radical (unpaired) electrons. The minimum absolute atomic E-state index is 0.351. The van der Waals surface area contributed by atoms with E-state index >= 15 is 0 Å². The number of sulfonamides is 1. The lowest BCUT2D eigenvalue weighted by Crippen LogP contribution is -2.40. The molecule has 1 aliphatic rings. The van der Waals surface area contributed by atoms with Crippen LogP contribution in [-0.2, 0) is 23.0 Å². The van der Waals surface area contributed by atoms with Crippen molar-refractivity contribution in [1.82, 2.24) is 9.62 Å². The van der Waals surface area contributed by atoms with Crippen LogP contribution in [-0.4, -0.2) is 45.9 Å². The van der Waals surface area contributed by atoms with Crippen molar-refractivity contribution < 1.29 is 8.42 Å². The van der Waals surface area contributed by atoms with Gasteiger partial charge >= 0.3 is 0 Å². The molecule has 0 saturated carbocycles. The lowest BCUT2D eigenvalue weighted by atomic mass is 10.2. The van der Waals surface area contributed by atoms with Gasteiger partial charge in [0, 0.05) is 37.7 Å². The number of hydrogen-bond acceptors (Lipinski definition) is 4. The Bertz CT molecular complexity index is 903. The van der Waals surface area contributed by atoms with Crippen molar-refractivity contribution >= 4 is 33.0 Å². The SMILES string of the molecule is CCNC(=NCc1ccc(S(=O)(=O)N(C)C)s1)N1CCc2ccccc21. The summed E-state index contributed by atoms with van der Waals surface area (Å²) >= 11 is 1.27. The second-order valence-corrected chi connectivity index (χ2v) is 9.76. The average molecular weight is 393 g/mol. The molecule has 3 rings (SSSR count). The predicted molar refractivity (Wildman–Crippen MR) is 107 cm³/mol. The second kappa shape index (κ2) is 7.77. The van der Waals surface area contributed by atoms with E-state index in [0.29, 0.717) is 10.8 Å².